The zero-order valence-electron chi connectivity index (χ0n) is 36.6. The topological polar surface area (TPSA) is 25.3 Å². The van der Waals surface area contributed by atoms with Gasteiger partial charge in [-0.3, -0.25) is 0 Å². The van der Waals surface area contributed by atoms with Crippen LogP contribution in [-0.4, -0.2) is 4.70 Å². The molecule has 3 rings (SSSR count). The molecular weight excluding hydrogens is 665 g/mol. The van der Waals surface area contributed by atoms with Gasteiger partial charge in [0.25, 0.3) is 0 Å². The molecule has 0 atom stereocenters. The highest BCUT2D eigenvalue weighted by molar-refractivity contribution is 5.78. The number of nitrogens with zero attached hydrogens (tertiary/aromatic N) is 2. The predicted octanol–water partition coefficient (Wildman–Crippen LogP) is 18.1. The van der Waals surface area contributed by atoms with E-state index in [0.717, 1.165) is 41.8 Å². The van der Waals surface area contributed by atoms with Crippen LogP contribution in [0, 0.1) is 0 Å². The summed E-state index contributed by atoms with van der Waals surface area (Å²) in [5.41, 5.74) is 19.9. The molecule has 1 heterocycles. The third-order valence-corrected chi connectivity index (χ3v) is 12.2. The van der Waals surface area contributed by atoms with Crippen LogP contribution in [0.2, 0.25) is 0 Å². The monoisotopic (exact) mass is 751 g/mol. The summed E-state index contributed by atoms with van der Waals surface area (Å²) in [4.78, 5) is 0. The van der Waals surface area contributed by atoms with E-state index in [1.807, 2.05) is 0 Å². The summed E-state index contributed by atoms with van der Waals surface area (Å²) in [5.74, 6) is 0. The van der Waals surface area contributed by atoms with E-state index in [2.05, 4.69) is 75.4 Å². The Labute approximate surface area is 342 Å². The van der Waals surface area contributed by atoms with Gasteiger partial charge in [0.1, 0.15) is 0 Å². The van der Waals surface area contributed by atoms with E-state index in [4.69, 9.17) is 0 Å². The average molecular weight is 751 g/mol. The lowest BCUT2D eigenvalue weighted by Crippen LogP contribution is -2.03. The maximum atomic E-state index is 11.7. The van der Waals surface area contributed by atoms with E-state index >= 15 is 0 Å². The highest BCUT2D eigenvalue weighted by atomic mass is 15.2. The molecule has 2 aromatic rings. The fraction of sp³-hybridized carbons (Fsp3) is 0.698. The van der Waals surface area contributed by atoms with Crippen LogP contribution in [0.4, 0.5) is 0 Å². The van der Waals surface area contributed by atoms with Crippen LogP contribution in [0.3, 0.4) is 0 Å². The van der Waals surface area contributed by atoms with Gasteiger partial charge < -0.3 is 5.53 Å². The number of aryl methyl sites for hydroxylation is 2. The first-order chi connectivity index (χ1) is 27.2. The Morgan fingerprint density at radius 2 is 0.727 bits per heavy atom. The molecule has 0 spiro atoms. The van der Waals surface area contributed by atoms with Crippen molar-refractivity contribution in [1.29, 1.82) is 0 Å². The lowest BCUT2D eigenvalue weighted by Gasteiger charge is -2.12. The van der Waals surface area contributed by atoms with Gasteiger partial charge in [0.15, 0.2) is 0 Å². The molecular formula is C53H86N2. The van der Waals surface area contributed by atoms with Crippen LogP contribution < -0.4 is 0 Å². The van der Waals surface area contributed by atoms with Crippen LogP contribution in [-0.2, 0) is 12.8 Å². The van der Waals surface area contributed by atoms with E-state index in [1.165, 1.54) is 220 Å². The number of rotatable bonds is 36. The summed E-state index contributed by atoms with van der Waals surface area (Å²) in [6, 6.07) is 17.8. The van der Waals surface area contributed by atoms with Crippen molar-refractivity contribution in [2.75, 3.05) is 0 Å². The Kier molecular flexibility index (Phi) is 26.9. The first-order valence-corrected chi connectivity index (χ1v) is 24.3. The van der Waals surface area contributed by atoms with Crippen LogP contribution in [0.1, 0.15) is 248 Å². The molecule has 0 bridgehead atoms. The third kappa shape index (κ3) is 20.5. The highest BCUT2D eigenvalue weighted by Crippen LogP contribution is 2.38. The lowest BCUT2D eigenvalue weighted by atomic mass is 9.98. The molecule has 0 radical (unpaired) electrons. The van der Waals surface area contributed by atoms with Crippen molar-refractivity contribution < 1.29 is 4.70 Å². The van der Waals surface area contributed by atoms with Gasteiger partial charge >= 0.3 is 0 Å². The smallest absolute Gasteiger partial charge is 0.210 e. The minimum absolute atomic E-state index is 0.921. The molecule has 0 N–H and O–H groups in total. The molecule has 0 aliphatic carbocycles. The number of hydrogen-bond donors (Lipinski definition) is 0. The van der Waals surface area contributed by atoms with Gasteiger partial charge in [-0.2, -0.15) is 0 Å². The minimum atomic E-state index is 0.921. The molecule has 0 amide bonds. The number of allylic oxidation sites excluding steroid dienone is 2. The van der Waals surface area contributed by atoms with Gasteiger partial charge in [0.2, 0.25) is 11.4 Å². The lowest BCUT2D eigenvalue weighted by molar-refractivity contribution is -0.344. The largest absolute Gasteiger partial charge is 0.493 e. The van der Waals surface area contributed by atoms with Gasteiger partial charge in [0, 0.05) is 22.8 Å². The first kappa shape index (κ1) is 46.9. The van der Waals surface area contributed by atoms with E-state index in [-0.39, 0.29) is 0 Å². The summed E-state index contributed by atoms with van der Waals surface area (Å²) >= 11 is 0. The van der Waals surface area contributed by atoms with Crippen LogP contribution in [0.25, 0.3) is 16.9 Å². The van der Waals surface area contributed by atoms with Gasteiger partial charge in [-0.1, -0.05) is 225 Å². The molecule has 2 heteroatoms. The first-order valence-electron chi connectivity index (χ1n) is 24.3. The maximum Gasteiger partial charge on any atom is 0.210 e. The molecule has 55 heavy (non-hydrogen) atoms. The van der Waals surface area contributed by atoms with Crippen LogP contribution in [0.5, 0.6) is 0 Å². The molecule has 0 saturated carbocycles. The van der Waals surface area contributed by atoms with E-state index in [1.54, 1.807) is 0 Å². The molecule has 0 unspecified atom stereocenters. The molecule has 1 aliphatic heterocycles. The summed E-state index contributed by atoms with van der Waals surface area (Å²) in [6.07, 6.45) is 48.6. The summed E-state index contributed by atoms with van der Waals surface area (Å²) in [5, 5.41) is 0. The fourth-order valence-electron chi connectivity index (χ4n) is 8.61. The summed E-state index contributed by atoms with van der Waals surface area (Å²) in [6.45, 7) is 6.83. The van der Waals surface area contributed by atoms with Crippen molar-refractivity contribution in [1.82, 2.24) is 0 Å². The van der Waals surface area contributed by atoms with E-state index in [9.17, 15) is 5.53 Å². The normalized spacial score (nSPS) is 13.0. The Bertz CT molecular complexity index is 1330. The van der Waals surface area contributed by atoms with Crippen molar-refractivity contribution >= 4 is 11.4 Å². The Morgan fingerprint density at radius 3 is 1.18 bits per heavy atom. The van der Waals surface area contributed by atoms with Gasteiger partial charge in [-0.15, -0.1) is 0 Å². The van der Waals surface area contributed by atoms with E-state index < -0.39 is 0 Å². The predicted molar refractivity (Wildman–Crippen MR) is 244 cm³/mol. The molecule has 308 valence electrons. The molecule has 2 aromatic carbocycles. The van der Waals surface area contributed by atoms with Crippen LogP contribution in [0.15, 0.2) is 60.2 Å². The second-order valence-corrected chi connectivity index (χ2v) is 17.3. The minimum Gasteiger partial charge on any atom is -0.493 e. The third-order valence-electron chi connectivity index (χ3n) is 12.2. The maximum absolute atomic E-state index is 11.7. The molecule has 0 aromatic heterocycles. The zero-order chi connectivity index (χ0) is 39.0. The Morgan fingerprint density at radius 1 is 0.382 bits per heavy atom. The standard InChI is InChI=1S/C53H86N2/c1-4-7-10-12-13-14-15-16-17-18-19-20-21-22-23-24-25-26-27-28-29-30-31-32-33-38-48-40-36-43-50(45-48)53-51(41-34-11-8-5-2)46-52(55(53)54)49-42-35-39-47(44-49)37-9-6-3/h35-36,39-40,42-46H,4-34,37-38,41H2,1-3H3. The van der Waals surface area contributed by atoms with Crippen molar-refractivity contribution in [2.45, 2.75) is 239 Å². The van der Waals surface area contributed by atoms with Crippen molar-refractivity contribution in [2.24, 2.45) is 0 Å². The Hall–Kier alpha value is -2.48. The molecule has 1 aliphatic rings. The van der Waals surface area contributed by atoms with Crippen LogP contribution >= 0.6 is 0 Å². The number of hydrogen-bond acceptors (Lipinski definition) is 0. The Balaban J connectivity index is 1.24. The summed E-state index contributed by atoms with van der Waals surface area (Å²) < 4.78 is 1.49. The highest BCUT2D eigenvalue weighted by Gasteiger charge is 2.29. The van der Waals surface area contributed by atoms with Crippen molar-refractivity contribution in [3.05, 3.63) is 88.0 Å². The molecule has 0 saturated heterocycles. The van der Waals surface area contributed by atoms with E-state index in [0.29, 0.717) is 0 Å². The average Bonchev–Trinajstić information content (AvgIpc) is 3.54. The molecule has 0 fully saturated rings. The van der Waals surface area contributed by atoms with Gasteiger partial charge in [-0.05, 0) is 73.9 Å². The van der Waals surface area contributed by atoms with Crippen molar-refractivity contribution in [3.8, 4) is 0 Å². The quantitative estimate of drug-likeness (QED) is 0.0490. The molecule has 2 nitrogen and oxygen atoms in total. The summed E-state index contributed by atoms with van der Waals surface area (Å²) in [7, 11) is 0. The van der Waals surface area contributed by atoms with Gasteiger partial charge in [-0.25, -0.2) is 4.70 Å². The fourth-order valence-corrected chi connectivity index (χ4v) is 8.61. The second-order valence-electron chi connectivity index (χ2n) is 17.3. The number of unbranched alkanes of at least 4 members (excludes halogenated alkanes) is 28. The van der Waals surface area contributed by atoms with Crippen molar-refractivity contribution in [3.63, 3.8) is 0 Å². The van der Waals surface area contributed by atoms with Gasteiger partial charge in [0.05, 0.1) is 0 Å². The second kappa shape index (κ2) is 31.6. The zero-order valence-corrected chi connectivity index (χ0v) is 36.6. The number of benzene rings is 2. The SMILES string of the molecule is CCCCCCCCCCCCCCCCCCCCCCCCCCCc1cccc(C2=C(CCCCCC)C=C(c3cccc(CCCC)c3)[N+]2=[N-])c1.